The Kier molecular flexibility index (Phi) is 4.41. The molecule has 3 aromatic rings. The number of nitrogens with zero attached hydrogens (tertiary/aromatic N) is 2. The fourth-order valence-electron chi connectivity index (χ4n) is 2.48. The first kappa shape index (κ1) is 17.5. The number of anilines is 2. The maximum atomic E-state index is 13.6. The van der Waals surface area contributed by atoms with Gasteiger partial charge in [-0.05, 0) is 37.3 Å². The van der Waals surface area contributed by atoms with Crippen molar-refractivity contribution in [2.24, 2.45) is 0 Å². The summed E-state index contributed by atoms with van der Waals surface area (Å²) in [7, 11) is 0. The predicted molar refractivity (Wildman–Crippen MR) is 92.1 cm³/mol. The lowest BCUT2D eigenvalue weighted by Crippen LogP contribution is -2.20. The lowest BCUT2D eigenvalue weighted by Gasteiger charge is -2.13. The van der Waals surface area contributed by atoms with Crippen LogP contribution in [0.25, 0.3) is 5.69 Å². The molecular weight excluding hydrogens is 345 g/mol. The van der Waals surface area contributed by atoms with Crippen molar-refractivity contribution in [2.75, 3.05) is 11.1 Å². The van der Waals surface area contributed by atoms with Crippen molar-refractivity contribution in [1.82, 2.24) is 9.78 Å². The average molecular weight is 360 g/mol. The minimum Gasteiger partial charge on any atom is -0.399 e. The molecule has 0 spiro atoms. The zero-order chi connectivity index (χ0) is 18.9. The molecule has 0 atom stereocenters. The molecular formula is C18H15F3N4O. The number of aromatic nitrogens is 2. The standard InChI is InChI=1S/C18H15F3N4O/c1-11-5-7-14(8-6-11)25-16(18(19,20)21)15(10-23-25)17(26)24-13-4-2-3-12(22)9-13/h2-10H,22H2,1H3,(H,24,26). The number of amides is 1. The van der Waals surface area contributed by atoms with Crippen LogP contribution in [0.5, 0.6) is 0 Å². The summed E-state index contributed by atoms with van der Waals surface area (Å²) in [5, 5.41) is 6.19. The molecule has 0 bridgehead atoms. The van der Waals surface area contributed by atoms with Crippen molar-refractivity contribution in [2.45, 2.75) is 13.1 Å². The zero-order valence-corrected chi connectivity index (χ0v) is 13.7. The first-order valence-electron chi connectivity index (χ1n) is 7.65. The Hall–Kier alpha value is -3.29. The highest BCUT2D eigenvalue weighted by Gasteiger charge is 2.40. The summed E-state index contributed by atoms with van der Waals surface area (Å²) in [4.78, 5) is 12.4. The number of halogens is 3. The summed E-state index contributed by atoms with van der Waals surface area (Å²) in [6, 6.07) is 12.5. The maximum absolute atomic E-state index is 13.6. The fourth-order valence-corrected chi connectivity index (χ4v) is 2.48. The third-order valence-corrected chi connectivity index (χ3v) is 3.71. The minimum absolute atomic E-state index is 0.214. The van der Waals surface area contributed by atoms with Gasteiger partial charge in [-0.25, -0.2) is 4.68 Å². The maximum Gasteiger partial charge on any atom is 0.434 e. The molecule has 5 nitrogen and oxygen atoms in total. The number of carbonyl (C=O) groups excluding carboxylic acids is 1. The van der Waals surface area contributed by atoms with Crippen LogP contribution in [0.1, 0.15) is 21.6 Å². The van der Waals surface area contributed by atoms with Gasteiger partial charge < -0.3 is 11.1 Å². The van der Waals surface area contributed by atoms with Crippen LogP contribution in [-0.2, 0) is 6.18 Å². The van der Waals surface area contributed by atoms with Gasteiger partial charge in [0.05, 0.1) is 17.4 Å². The second kappa shape index (κ2) is 6.55. The summed E-state index contributed by atoms with van der Waals surface area (Å²) in [6.07, 6.45) is -3.85. The Balaban J connectivity index is 2.02. The SMILES string of the molecule is Cc1ccc(-n2ncc(C(=O)Nc3cccc(N)c3)c2C(F)(F)F)cc1. The first-order chi connectivity index (χ1) is 12.3. The molecule has 0 saturated heterocycles. The van der Waals surface area contributed by atoms with Crippen LogP contribution in [-0.4, -0.2) is 15.7 Å². The van der Waals surface area contributed by atoms with E-state index in [1.54, 1.807) is 24.3 Å². The number of nitrogens with two attached hydrogens (primary N) is 1. The largest absolute Gasteiger partial charge is 0.434 e. The van der Waals surface area contributed by atoms with Crippen molar-refractivity contribution in [3.63, 3.8) is 0 Å². The second-order valence-corrected chi connectivity index (χ2v) is 5.73. The van der Waals surface area contributed by atoms with Gasteiger partial charge in [-0.2, -0.15) is 18.3 Å². The second-order valence-electron chi connectivity index (χ2n) is 5.73. The van der Waals surface area contributed by atoms with Crippen LogP contribution in [0.3, 0.4) is 0 Å². The number of hydrogen-bond donors (Lipinski definition) is 2. The lowest BCUT2D eigenvalue weighted by molar-refractivity contribution is -0.143. The van der Waals surface area contributed by atoms with E-state index in [1.807, 2.05) is 6.92 Å². The van der Waals surface area contributed by atoms with Gasteiger partial charge in [-0.1, -0.05) is 23.8 Å². The van der Waals surface area contributed by atoms with Gasteiger partial charge in [0.15, 0.2) is 5.69 Å². The van der Waals surface area contributed by atoms with Gasteiger partial charge in [-0.15, -0.1) is 0 Å². The normalized spacial score (nSPS) is 11.4. The van der Waals surface area contributed by atoms with E-state index in [9.17, 15) is 18.0 Å². The molecule has 1 aromatic heterocycles. The number of hydrogen-bond acceptors (Lipinski definition) is 3. The molecule has 0 fully saturated rings. The monoisotopic (exact) mass is 360 g/mol. The van der Waals surface area contributed by atoms with Crippen LogP contribution >= 0.6 is 0 Å². The Labute approximate surface area is 147 Å². The molecule has 1 heterocycles. The van der Waals surface area contributed by atoms with Gasteiger partial charge >= 0.3 is 6.18 Å². The molecule has 0 aliphatic heterocycles. The van der Waals surface area contributed by atoms with E-state index in [0.717, 1.165) is 11.8 Å². The zero-order valence-electron chi connectivity index (χ0n) is 13.7. The number of carbonyl (C=O) groups is 1. The molecule has 0 radical (unpaired) electrons. The summed E-state index contributed by atoms with van der Waals surface area (Å²) < 4.78 is 41.5. The Bertz CT molecular complexity index is 946. The molecule has 0 unspecified atom stereocenters. The molecule has 0 aliphatic carbocycles. The van der Waals surface area contributed by atoms with Gasteiger partial charge in [0, 0.05) is 11.4 Å². The van der Waals surface area contributed by atoms with Gasteiger partial charge in [0.2, 0.25) is 0 Å². The highest BCUT2D eigenvalue weighted by molar-refractivity contribution is 6.05. The highest BCUT2D eigenvalue weighted by atomic mass is 19.4. The minimum atomic E-state index is -4.76. The van der Waals surface area contributed by atoms with Gasteiger partial charge in [0.25, 0.3) is 5.91 Å². The summed E-state index contributed by atoms with van der Waals surface area (Å²) in [5.74, 6) is -0.915. The molecule has 3 N–H and O–H groups in total. The number of rotatable bonds is 3. The van der Waals surface area contributed by atoms with E-state index in [4.69, 9.17) is 5.73 Å². The molecule has 26 heavy (non-hydrogen) atoms. The number of nitrogen functional groups attached to an aromatic ring is 1. The molecule has 0 aliphatic rings. The first-order valence-corrected chi connectivity index (χ1v) is 7.65. The van der Waals surface area contributed by atoms with Crippen LogP contribution in [0.15, 0.2) is 54.7 Å². The average Bonchev–Trinajstić information content (AvgIpc) is 3.01. The van der Waals surface area contributed by atoms with Crippen molar-refractivity contribution >= 4 is 17.3 Å². The van der Waals surface area contributed by atoms with Crippen molar-refractivity contribution in [3.8, 4) is 5.69 Å². The molecule has 8 heteroatoms. The van der Waals surface area contributed by atoms with E-state index < -0.39 is 23.3 Å². The topological polar surface area (TPSA) is 72.9 Å². The molecule has 1 amide bonds. The van der Waals surface area contributed by atoms with E-state index in [0.29, 0.717) is 16.1 Å². The third-order valence-electron chi connectivity index (χ3n) is 3.71. The van der Waals surface area contributed by atoms with Crippen molar-refractivity contribution < 1.29 is 18.0 Å². The number of nitrogens with one attached hydrogen (secondary N) is 1. The van der Waals surface area contributed by atoms with E-state index >= 15 is 0 Å². The van der Waals surface area contributed by atoms with E-state index in [-0.39, 0.29) is 5.69 Å². The van der Waals surface area contributed by atoms with Crippen molar-refractivity contribution in [1.29, 1.82) is 0 Å². The highest BCUT2D eigenvalue weighted by Crippen LogP contribution is 2.34. The van der Waals surface area contributed by atoms with Gasteiger partial charge in [0.1, 0.15) is 0 Å². The van der Waals surface area contributed by atoms with Crippen LogP contribution < -0.4 is 11.1 Å². The van der Waals surface area contributed by atoms with E-state index in [1.165, 1.54) is 24.3 Å². The lowest BCUT2D eigenvalue weighted by atomic mass is 10.2. The number of alkyl halides is 3. The molecule has 134 valence electrons. The molecule has 0 saturated carbocycles. The number of benzene rings is 2. The predicted octanol–water partition coefficient (Wildman–Crippen LogP) is 4.03. The van der Waals surface area contributed by atoms with Crippen LogP contribution in [0.2, 0.25) is 0 Å². The third kappa shape index (κ3) is 3.53. The quantitative estimate of drug-likeness (QED) is 0.693. The summed E-state index contributed by atoms with van der Waals surface area (Å²) in [6.45, 7) is 1.82. The Morgan fingerprint density at radius 3 is 2.46 bits per heavy atom. The Morgan fingerprint density at radius 1 is 1.15 bits per heavy atom. The van der Waals surface area contributed by atoms with Crippen LogP contribution in [0.4, 0.5) is 24.5 Å². The molecule has 2 aromatic carbocycles. The van der Waals surface area contributed by atoms with Crippen LogP contribution in [0, 0.1) is 6.92 Å². The Morgan fingerprint density at radius 2 is 1.85 bits per heavy atom. The number of aryl methyl sites for hydroxylation is 1. The van der Waals surface area contributed by atoms with Crippen molar-refractivity contribution in [3.05, 3.63) is 71.5 Å². The fraction of sp³-hybridized carbons (Fsp3) is 0.111. The van der Waals surface area contributed by atoms with Gasteiger partial charge in [-0.3, -0.25) is 4.79 Å². The smallest absolute Gasteiger partial charge is 0.399 e. The van der Waals surface area contributed by atoms with E-state index in [2.05, 4.69) is 10.4 Å². The summed E-state index contributed by atoms with van der Waals surface area (Å²) in [5.41, 5.74) is 5.70. The molecule has 3 rings (SSSR count). The summed E-state index contributed by atoms with van der Waals surface area (Å²) >= 11 is 0.